The normalized spacial score (nSPS) is 17.3. The van der Waals surface area contributed by atoms with Crippen LogP contribution in [-0.2, 0) is 10.8 Å². The fourth-order valence-electron chi connectivity index (χ4n) is 2.10. The summed E-state index contributed by atoms with van der Waals surface area (Å²) in [4.78, 5) is 14.4. The van der Waals surface area contributed by atoms with Crippen molar-refractivity contribution in [1.29, 1.82) is 0 Å². The van der Waals surface area contributed by atoms with Gasteiger partial charge >= 0.3 is 0 Å². The van der Waals surface area contributed by atoms with Crippen LogP contribution in [0, 0.1) is 0 Å². The van der Waals surface area contributed by atoms with E-state index in [-0.39, 0.29) is 5.78 Å². The summed E-state index contributed by atoms with van der Waals surface area (Å²) < 4.78 is 16.8. The Bertz CT molecular complexity index is 466. The molecule has 0 radical (unpaired) electrons. The SMILES string of the molecule is CCOc1ccccc1C(=O)CN1CCS(=O)CC1. The Labute approximate surface area is 116 Å². The zero-order valence-electron chi connectivity index (χ0n) is 11.1. The van der Waals surface area contributed by atoms with Gasteiger partial charge in [0.1, 0.15) is 5.75 Å². The number of rotatable bonds is 5. The zero-order chi connectivity index (χ0) is 13.7. The van der Waals surface area contributed by atoms with E-state index in [9.17, 15) is 9.00 Å². The summed E-state index contributed by atoms with van der Waals surface area (Å²) in [7, 11) is -0.705. The smallest absolute Gasteiger partial charge is 0.180 e. The number of benzene rings is 1. The molecular weight excluding hydrogens is 262 g/mol. The average molecular weight is 281 g/mol. The maximum Gasteiger partial charge on any atom is 0.180 e. The molecule has 1 aliphatic rings. The lowest BCUT2D eigenvalue weighted by atomic mass is 10.1. The molecule has 2 rings (SSSR count). The van der Waals surface area contributed by atoms with E-state index in [1.54, 1.807) is 6.07 Å². The van der Waals surface area contributed by atoms with Gasteiger partial charge in [-0.2, -0.15) is 0 Å². The van der Waals surface area contributed by atoms with Gasteiger partial charge in [0, 0.05) is 35.4 Å². The highest BCUT2D eigenvalue weighted by Crippen LogP contribution is 2.19. The summed E-state index contributed by atoms with van der Waals surface area (Å²) in [5.74, 6) is 2.05. The number of hydrogen-bond acceptors (Lipinski definition) is 4. The van der Waals surface area contributed by atoms with Crippen molar-refractivity contribution in [3.8, 4) is 5.75 Å². The van der Waals surface area contributed by atoms with Crippen LogP contribution in [0.3, 0.4) is 0 Å². The van der Waals surface area contributed by atoms with Gasteiger partial charge in [-0.25, -0.2) is 0 Å². The largest absolute Gasteiger partial charge is 0.493 e. The summed E-state index contributed by atoms with van der Waals surface area (Å²) in [6.45, 7) is 4.29. The Morgan fingerprint density at radius 2 is 2.00 bits per heavy atom. The van der Waals surface area contributed by atoms with Gasteiger partial charge in [-0.05, 0) is 19.1 Å². The van der Waals surface area contributed by atoms with E-state index >= 15 is 0 Å². The van der Waals surface area contributed by atoms with Gasteiger partial charge in [-0.3, -0.25) is 13.9 Å². The first-order chi connectivity index (χ1) is 9.20. The first-order valence-electron chi connectivity index (χ1n) is 6.53. The van der Waals surface area contributed by atoms with Gasteiger partial charge in [0.05, 0.1) is 18.7 Å². The van der Waals surface area contributed by atoms with Crippen LogP contribution in [0.25, 0.3) is 0 Å². The third-order valence-corrected chi connectivity index (χ3v) is 4.40. The van der Waals surface area contributed by atoms with Gasteiger partial charge in [0.25, 0.3) is 0 Å². The van der Waals surface area contributed by atoms with Gasteiger partial charge in [-0.15, -0.1) is 0 Å². The quantitative estimate of drug-likeness (QED) is 0.764. The Kier molecular flexibility index (Phi) is 5.10. The van der Waals surface area contributed by atoms with E-state index in [1.165, 1.54) is 0 Å². The number of ketones is 1. The molecule has 104 valence electrons. The molecule has 0 saturated carbocycles. The van der Waals surface area contributed by atoms with Crippen LogP contribution in [0.4, 0.5) is 0 Å². The summed E-state index contributed by atoms with van der Waals surface area (Å²) in [5.41, 5.74) is 0.635. The number of carbonyl (C=O) groups excluding carboxylic acids is 1. The summed E-state index contributed by atoms with van der Waals surface area (Å²) in [6.07, 6.45) is 0. The number of para-hydroxylation sites is 1. The molecule has 0 aromatic heterocycles. The fourth-order valence-corrected chi connectivity index (χ4v) is 3.23. The van der Waals surface area contributed by atoms with E-state index < -0.39 is 10.8 Å². The van der Waals surface area contributed by atoms with Crippen LogP contribution in [0.5, 0.6) is 5.75 Å². The van der Waals surface area contributed by atoms with Crippen LogP contribution in [0.15, 0.2) is 24.3 Å². The second-order valence-electron chi connectivity index (χ2n) is 4.48. The van der Waals surface area contributed by atoms with Crippen molar-refractivity contribution >= 4 is 16.6 Å². The second kappa shape index (κ2) is 6.82. The fraction of sp³-hybridized carbons (Fsp3) is 0.500. The lowest BCUT2D eigenvalue weighted by Crippen LogP contribution is -2.40. The molecular formula is C14H19NO3S. The summed E-state index contributed by atoms with van der Waals surface area (Å²) in [6, 6.07) is 7.34. The Morgan fingerprint density at radius 3 is 2.68 bits per heavy atom. The number of carbonyl (C=O) groups is 1. The molecule has 1 heterocycles. The Balaban J connectivity index is 2.01. The van der Waals surface area contributed by atoms with E-state index in [4.69, 9.17) is 4.74 Å². The van der Waals surface area contributed by atoms with Crippen LogP contribution < -0.4 is 4.74 Å². The maximum absolute atomic E-state index is 12.3. The maximum atomic E-state index is 12.3. The van der Waals surface area contributed by atoms with Gasteiger partial charge in [0.15, 0.2) is 5.78 Å². The van der Waals surface area contributed by atoms with E-state index in [1.807, 2.05) is 25.1 Å². The first kappa shape index (κ1) is 14.2. The average Bonchev–Trinajstić information content (AvgIpc) is 2.42. The van der Waals surface area contributed by atoms with Crippen molar-refractivity contribution in [3.05, 3.63) is 29.8 Å². The minimum Gasteiger partial charge on any atom is -0.493 e. The standard InChI is InChI=1S/C14H19NO3S/c1-2-18-14-6-4-3-5-12(14)13(16)11-15-7-9-19(17)10-8-15/h3-6H,2,7-11H2,1H3. The predicted octanol–water partition coefficient (Wildman–Crippen LogP) is 1.33. The minimum absolute atomic E-state index is 0.0664. The molecule has 1 saturated heterocycles. The van der Waals surface area contributed by atoms with Gasteiger partial charge in [-0.1, -0.05) is 12.1 Å². The molecule has 5 heteroatoms. The second-order valence-corrected chi connectivity index (χ2v) is 6.17. The molecule has 0 spiro atoms. The lowest BCUT2D eigenvalue weighted by molar-refractivity contribution is 0.0933. The topological polar surface area (TPSA) is 46.6 Å². The van der Waals surface area contributed by atoms with E-state index in [2.05, 4.69) is 4.90 Å². The monoisotopic (exact) mass is 281 g/mol. The highest BCUT2D eigenvalue weighted by Gasteiger charge is 2.20. The molecule has 1 aromatic carbocycles. The number of ether oxygens (including phenoxy) is 1. The Morgan fingerprint density at radius 1 is 1.32 bits per heavy atom. The third-order valence-electron chi connectivity index (χ3n) is 3.12. The molecule has 1 fully saturated rings. The molecule has 1 aromatic rings. The molecule has 0 amide bonds. The van der Waals surface area contributed by atoms with Gasteiger partial charge < -0.3 is 4.74 Å². The number of Topliss-reactive ketones (excluding diaryl/α,β-unsaturated/α-hetero) is 1. The van der Waals surface area contributed by atoms with E-state index in [0.29, 0.717) is 36.0 Å². The Hall–Kier alpha value is -1.20. The van der Waals surface area contributed by atoms with Crippen LogP contribution in [0.1, 0.15) is 17.3 Å². The van der Waals surface area contributed by atoms with Crippen LogP contribution in [0.2, 0.25) is 0 Å². The third kappa shape index (κ3) is 3.88. The molecule has 0 N–H and O–H groups in total. The van der Waals surface area contributed by atoms with Crippen molar-refractivity contribution in [3.63, 3.8) is 0 Å². The highest BCUT2D eigenvalue weighted by atomic mass is 32.2. The molecule has 0 atom stereocenters. The summed E-state index contributed by atoms with van der Waals surface area (Å²) in [5, 5.41) is 0. The molecule has 0 bridgehead atoms. The molecule has 1 aliphatic heterocycles. The lowest BCUT2D eigenvalue weighted by Gasteiger charge is -2.25. The molecule has 19 heavy (non-hydrogen) atoms. The minimum atomic E-state index is -0.705. The molecule has 4 nitrogen and oxygen atoms in total. The van der Waals surface area contributed by atoms with Crippen molar-refractivity contribution in [2.75, 3.05) is 37.7 Å². The van der Waals surface area contributed by atoms with Crippen molar-refractivity contribution in [2.24, 2.45) is 0 Å². The predicted molar refractivity (Wildman–Crippen MR) is 76.3 cm³/mol. The zero-order valence-corrected chi connectivity index (χ0v) is 11.9. The van der Waals surface area contributed by atoms with E-state index in [0.717, 1.165) is 13.1 Å². The molecule has 0 unspecified atom stereocenters. The van der Waals surface area contributed by atoms with Crippen molar-refractivity contribution < 1.29 is 13.7 Å². The summed E-state index contributed by atoms with van der Waals surface area (Å²) >= 11 is 0. The first-order valence-corrected chi connectivity index (χ1v) is 8.02. The number of hydrogen-bond donors (Lipinski definition) is 0. The van der Waals surface area contributed by atoms with Crippen LogP contribution in [-0.4, -0.2) is 52.6 Å². The van der Waals surface area contributed by atoms with Gasteiger partial charge in [0.2, 0.25) is 0 Å². The number of nitrogens with zero attached hydrogens (tertiary/aromatic N) is 1. The van der Waals surface area contributed by atoms with Crippen LogP contribution >= 0.6 is 0 Å². The van der Waals surface area contributed by atoms with Crippen molar-refractivity contribution in [1.82, 2.24) is 4.90 Å². The van der Waals surface area contributed by atoms with Crippen molar-refractivity contribution in [2.45, 2.75) is 6.92 Å². The highest BCUT2D eigenvalue weighted by molar-refractivity contribution is 7.85. The molecule has 0 aliphatic carbocycles.